The zero-order chi connectivity index (χ0) is 15.5. The lowest BCUT2D eigenvalue weighted by molar-refractivity contribution is 0.218. The molecule has 0 N–H and O–H groups in total. The van der Waals surface area contributed by atoms with Gasteiger partial charge in [0.1, 0.15) is 0 Å². The minimum absolute atomic E-state index is 0.233. The first-order valence-corrected chi connectivity index (χ1v) is 9.06. The van der Waals surface area contributed by atoms with Crippen LogP contribution in [0.25, 0.3) is 0 Å². The molecule has 118 valence electrons. The Morgan fingerprint density at radius 2 is 2.10 bits per heavy atom. The number of sulfone groups is 1. The lowest BCUT2D eigenvalue weighted by Gasteiger charge is -2.41. The molecule has 0 amide bonds. The summed E-state index contributed by atoms with van der Waals surface area (Å²) < 4.78 is 29.5. The second-order valence-electron chi connectivity index (χ2n) is 5.59. The number of hydrogen-bond donors (Lipinski definition) is 0. The van der Waals surface area contributed by atoms with Gasteiger partial charge in [-0.15, -0.1) is 0 Å². The zero-order valence-electron chi connectivity index (χ0n) is 13.0. The van der Waals surface area contributed by atoms with Gasteiger partial charge >= 0.3 is 0 Å². The standard InChI is InChI=1S/C15H24N2O3S/c1-4-15(5-2)12-17(9-10-21(15,18)19)11-13-7-6-8-16-14(13)20-3/h6-8H,4-5,9-12H2,1-3H3. The number of pyridine rings is 1. The maximum absolute atomic E-state index is 12.4. The Labute approximate surface area is 127 Å². The third-order valence-corrected chi connectivity index (χ3v) is 7.32. The SMILES string of the molecule is CCC1(CC)CN(Cc2cccnc2OC)CCS1(=O)=O. The normalized spacial score (nSPS) is 21.1. The molecule has 1 saturated heterocycles. The Kier molecular flexibility index (Phi) is 4.88. The van der Waals surface area contributed by atoms with E-state index in [-0.39, 0.29) is 5.75 Å². The van der Waals surface area contributed by atoms with Gasteiger partial charge in [-0.25, -0.2) is 13.4 Å². The van der Waals surface area contributed by atoms with Crippen LogP contribution in [-0.4, -0.2) is 49.0 Å². The molecule has 0 aromatic carbocycles. The number of rotatable bonds is 5. The second kappa shape index (κ2) is 6.32. The molecular formula is C15H24N2O3S. The second-order valence-corrected chi connectivity index (χ2v) is 8.10. The van der Waals surface area contributed by atoms with E-state index in [2.05, 4.69) is 9.88 Å². The van der Waals surface area contributed by atoms with E-state index in [0.717, 1.165) is 5.56 Å². The lowest BCUT2D eigenvalue weighted by Crippen LogP contribution is -2.55. The number of hydrogen-bond acceptors (Lipinski definition) is 5. The molecule has 1 aromatic heterocycles. The third kappa shape index (κ3) is 3.06. The first-order chi connectivity index (χ1) is 9.98. The van der Waals surface area contributed by atoms with E-state index in [1.807, 2.05) is 26.0 Å². The van der Waals surface area contributed by atoms with Crippen molar-refractivity contribution in [2.75, 3.05) is 26.0 Å². The maximum atomic E-state index is 12.4. The van der Waals surface area contributed by atoms with Crippen molar-refractivity contribution in [1.82, 2.24) is 9.88 Å². The highest BCUT2D eigenvalue weighted by Gasteiger charge is 2.45. The fourth-order valence-electron chi connectivity index (χ4n) is 3.07. The predicted octanol–water partition coefficient (Wildman–Crippen LogP) is 1.88. The van der Waals surface area contributed by atoms with Crippen molar-refractivity contribution in [3.05, 3.63) is 23.9 Å². The van der Waals surface area contributed by atoms with Crippen molar-refractivity contribution in [2.45, 2.75) is 38.0 Å². The minimum Gasteiger partial charge on any atom is -0.481 e. The van der Waals surface area contributed by atoms with Gasteiger partial charge in [-0.2, -0.15) is 0 Å². The van der Waals surface area contributed by atoms with Crippen molar-refractivity contribution in [1.29, 1.82) is 0 Å². The molecule has 0 unspecified atom stereocenters. The van der Waals surface area contributed by atoms with E-state index in [1.54, 1.807) is 13.3 Å². The van der Waals surface area contributed by atoms with Gasteiger partial charge in [0.2, 0.25) is 5.88 Å². The quantitative estimate of drug-likeness (QED) is 0.831. The van der Waals surface area contributed by atoms with Crippen LogP contribution in [0.1, 0.15) is 32.3 Å². The molecule has 0 spiro atoms. The molecule has 21 heavy (non-hydrogen) atoms. The lowest BCUT2D eigenvalue weighted by atomic mass is 10.0. The molecule has 0 atom stereocenters. The van der Waals surface area contributed by atoms with Gasteiger partial charge in [0.05, 0.1) is 17.6 Å². The average Bonchev–Trinajstić information content (AvgIpc) is 2.49. The van der Waals surface area contributed by atoms with Crippen molar-refractivity contribution >= 4 is 9.84 Å². The monoisotopic (exact) mass is 312 g/mol. The van der Waals surface area contributed by atoms with Gasteiger partial charge < -0.3 is 4.74 Å². The van der Waals surface area contributed by atoms with E-state index < -0.39 is 14.6 Å². The van der Waals surface area contributed by atoms with Crippen LogP contribution in [-0.2, 0) is 16.4 Å². The highest BCUT2D eigenvalue weighted by molar-refractivity contribution is 7.92. The number of aromatic nitrogens is 1. The van der Waals surface area contributed by atoms with E-state index >= 15 is 0 Å². The fourth-order valence-corrected chi connectivity index (χ4v) is 5.26. The molecule has 0 saturated carbocycles. The van der Waals surface area contributed by atoms with Crippen LogP contribution in [0.4, 0.5) is 0 Å². The summed E-state index contributed by atoms with van der Waals surface area (Å²) in [7, 11) is -1.41. The Morgan fingerprint density at radius 1 is 1.38 bits per heavy atom. The summed E-state index contributed by atoms with van der Waals surface area (Å²) in [5.41, 5.74) is 1.00. The van der Waals surface area contributed by atoms with Gasteiger partial charge in [-0.05, 0) is 18.9 Å². The van der Waals surface area contributed by atoms with Gasteiger partial charge in [0, 0.05) is 31.4 Å². The fraction of sp³-hybridized carbons (Fsp3) is 0.667. The molecule has 1 aliphatic heterocycles. The molecule has 1 aromatic rings. The highest BCUT2D eigenvalue weighted by atomic mass is 32.2. The molecule has 2 heterocycles. The van der Waals surface area contributed by atoms with Crippen molar-refractivity contribution in [2.24, 2.45) is 0 Å². The van der Waals surface area contributed by atoms with Crippen LogP contribution in [0.2, 0.25) is 0 Å². The summed E-state index contributed by atoms with van der Waals surface area (Å²) in [5, 5.41) is 0. The number of ether oxygens (including phenoxy) is 1. The van der Waals surface area contributed by atoms with Gasteiger partial charge in [0.25, 0.3) is 0 Å². The molecule has 1 fully saturated rings. The van der Waals surface area contributed by atoms with Crippen molar-refractivity contribution in [3.63, 3.8) is 0 Å². The molecule has 0 radical (unpaired) electrons. The van der Waals surface area contributed by atoms with Gasteiger partial charge in [-0.1, -0.05) is 19.9 Å². The molecule has 0 bridgehead atoms. The topological polar surface area (TPSA) is 59.5 Å². The van der Waals surface area contributed by atoms with E-state index in [4.69, 9.17) is 4.74 Å². The summed E-state index contributed by atoms with van der Waals surface area (Å²) in [6.07, 6.45) is 3.02. The van der Waals surface area contributed by atoms with Crippen molar-refractivity contribution in [3.8, 4) is 5.88 Å². The first-order valence-electron chi connectivity index (χ1n) is 7.40. The number of methoxy groups -OCH3 is 1. The smallest absolute Gasteiger partial charge is 0.217 e. The van der Waals surface area contributed by atoms with E-state index in [0.29, 0.717) is 38.4 Å². The van der Waals surface area contributed by atoms with E-state index in [1.165, 1.54) is 0 Å². The van der Waals surface area contributed by atoms with Crippen molar-refractivity contribution < 1.29 is 13.2 Å². The molecule has 5 nitrogen and oxygen atoms in total. The Balaban J connectivity index is 2.20. The molecule has 1 aliphatic rings. The van der Waals surface area contributed by atoms with Crippen LogP contribution < -0.4 is 4.74 Å². The number of nitrogens with zero attached hydrogens (tertiary/aromatic N) is 2. The maximum Gasteiger partial charge on any atom is 0.217 e. The summed E-state index contributed by atoms with van der Waals surface area (Å²) in [4.78, 5) is 6.40. The van der Waals surface area contributed by atoms with Gasteiger partial charge in [0.15, 0.2) is 9.84 Å². The van der Waals surface area contributed by atoms with Crippen LogP contribution in [0, 0.1) is 0 Å². The minimum atomic E-state index is -3.01. The molecule has 6 heteroatoms. The highest BCUT2D eigenvalue weighted by Crippen LogP contribution is 2.32. The zero-order valence-corrected chi connectivity index (χ0v) is 13.8. The summed E-state index contributed by atoms with van der Waals surface area (Å²) in [6.45, 7) is 5.77. The summed E-state index contributed by atoms with van der Waals surface area (Å²) in [6, 6.07) is 3.86. The van der Waals surface area contributed by atoms with E-state index in [9.17, 15) is 8.42 Å². The van der Waals surface area contributed by atoms with Crippen LogP contribution in [0.15, 0.2) is 18.3 Å². The largest absolute Gasteiger partial charge is 0.481 e. The van der Waals surface area contributed by atoms with Crippen LogP contribution >= 0.6 is 0 Å². The van der Waals surface area contributed by atoms with Gasteiger partial charge in [-0.3, -0.25) is 4.90 Å². The average molecular weight is 312 g/mol. The summed E-state index contributed by atoms with van der Waals surface area (Å²) in [5.74, 6) is 0.849. The van der Waals surface area contributed by atoms with Crippen LogP contribution in [0.3, 0.4) is 0 Å². The predicted molar refractivity (Wildman–Crippen MR) is 83.2 cm³/mol. The van der Waals surface area contributed by atoms with Crippen LogP contribution in [0.5, 0.6) is 5.88 Å². The Hall–Kier alpha value is -1.14. The third-order valence-electron chi connectivity index (χ3n) is 4.57. The molecule has 0 aliphatic carbocycles. The Morgan fingerprint density at radius 3 is 2.71 bits per heavy atom. The summed E-state index contributed by atoms with van der Waals surface area (Å²) >= 11 is 0. The first kappa shape index (κ1) is 16.2. The molecule has 2 rings (SSSR count). The Bertz CT molecular complexity index is 582. The molecular weight excluding hydrogens is 288 g/mol.